The number of ether oxygens (including phenoxy) is 10. The maximum absolute atomic E-state index is 8.58. The Morgan fingerprint density at radius 2 is 0.426 bits per heavy atom. The molecule has 47 heavy (non-hydrogen) atoms. The average molecular weight is 683 g/mol. The van der Waals surface area contributed by atoms with Gasteiger partial charge in [-0.15, -0.1) is 0 Å². The first-order valence-corrected chi connectivity index (χ1v) is 18.8. The number of hydrogen-bond donors (Lipinski definition) is 1. The van der Waals surface area contributed by atoms with Crippen LogP contribution in [0.5, 0.6) is 0 Å². The summed E-state index contributed by atoms with van der Waals surface area (Å²) in [6, 6.07) is 0. The Bertz CT molecular complexity index is 487. The minimum absolute atomic E-state index is 0.0304. The number of hydrogen-bond acceptors (Lipinski definition) is 11. The summed E-state index contributed by atoms with van der Waals surface area (Å²) < 4.78 is 54.5. The van der Waals surface area contributed by atoms with Crippen LogP contribution in [0.15, 0.2) is 0 Å². The minimum atomic E-state index is 0.0304. The Labute approximate surface area is 287 Å². The summed E-state index contributed by atoms with van der Waals surface area (Å²) in [5.74, 6) is 0. The predicted molar refractivity (Wildman–Crippen MR) is 186 cm³/mol. The Morgan fingerprint density at radius 3 is 0.660 bits per heavy atom. The molecule has 1 N–H and O–H groups in total. The highest BCUT2D eigenvalue weighted by atomic mass is 16.6. The predicted octanol–water partition coefficient (Wildman–Crippen LogP) is 5.63. The molecule has 0 spiro atoms. The maximum atomic E-state index is 8.58. The third-order valence-corrected chi connectivity index (χ3v) is 7.23. The fourth-order valence-corrected chi connectivity index (χ4v) is 4.54. The molecule has 11 heteroatoms. The fraction of sp³-hybridized carbons (Fsp3) is 1.00. The van der Waals surface area contributed by atoms with E-state index in [-0.39, 0.29) is 6.61 Å². The summed E-state index contributed by atoms with van der Waals surface area (Å²) >= 11 is 0. The molecule has 0 rings (SSSR count). The van der Waals surface area contributed by atoms with Gasteiger partial charge in [0.05, 0.1) is 132 Å². The van der Waals surface area contributed by atoms with Crippen molar-refractivity contribution in [3.05, 3.63) is 0 Å². The quantitative estimate of drug-likeness (QED) is 0.0808. The molecule has 284 valence electrons. The van der Waals surface area contributed by atoms with Crippen molar-refractivity contribution in [3.63, 3.8) is 0 Å². The zero-order chi connectivity index (χ0) is 33.8. The van der Waals surface area contributed by atoms with Crippen LogP contribution in [-0.4, -0.2) is 144 Å². The highest BCUT2D eigenvalue weighted by Crippen LogP contribution is 2.13. The molecule has 0 aliphatic heterocycles. The maximum Gasteiger partial charge on any atom is 0.0701 e. The molecule has 0 aromatic carbocycles. The highest BCUT2D eigenvalue weighted by Gasteiger charge is 1.97. The van der Waals surface area contributed by atoms with Gasteiger partial charge in [0.1, 0.15) is 0 Å². The van der Waals surface area contributed by atoms with Crippen LogP contribution in [0, 0.1) is 0 Å². The first-order chi connectivity index (χ1) is 23.4. The first kappa shape index (κ1) is 46.6. The monoisotopic (exact) mass is 683 g/mol. The van der Waals surface area contributed by atoms with Gasteiger partial charge in [-0.05, 0) is 6.42 Å². The molecule has 0 saturated carbocycles. The van der Waals surface area contributed by atoms with Crippen LogP contribution < -0.4 is 0 Å². The molecule has 0 heterocycles. The van der Waals surface area contributed by atoms with Gasteiger partial charge < -0.3 is 52.5 Å². The van der Waals surface area contributed by atoms with Gasteiger partial charge in [-0.2, -0.15) is 0 Å². The molecule has 0 aliphatic rings. The van der Waals surface area contributed by atoms with Crippen molar-refractivity contribution in [3.8, 4) is 0 Å². The first-order valence-electron chi connectivity index (χ1n) is 18.8. The van der Waals surface area contributed by atoms with E-state index >= 15 is 0 Å². The Balaban J connectivity index is 3.03. The van der Waals surface area contributed by atoms with Crippen LogP contribution in [0.1, 0.15) is 96.8 Å². The summed E-state index contributed by atoms with van der Waals surface area (Å²) in [6.45, 7) is 13.1. The zero-order valence-corrected chi connectivity index (χ0v) is 30.3. The lowest BCUT2D eigenvalue weighted by molar-refractivity contribution is -0.0268. The summed E-state index contributed by atoms with van der Waals surface area (Å²) in [7, 11) is 0. The smallest absolute Gasteiger partial charge is 0.0701 e. The second-order valence-electron chi connectivity index (χ2n) is 11.4. The second kappa shape index (κ2) is 45.6. The fourth-order valence-electron chi connectivity index (χ4n) is 4.54. The molecule has 0 saturated heterocycles. The molecule has 0 aliphatic carbocycles. The number of aliphatic hydroxyl groups is 1. The molecule has 0 aromatic rings. The lowest BCUT2D eigenvalue weighted by Gasteiger charge is -2.09. The van der Waals surface area contributed by atoms with Crippen LogP contribution in [0.25, 0.3) is 0 Å². The van der Waals surface area contributed by atoms with Crippen molar-refractivity contribution in [2.75, 3.05) is 139 Å². The van der Waals surface area contributed by atoms with Gasteiger partial charge >= 0.3 is 0 Å². The lowest BCUT2D eigenvalue weighted by Crippen LogP contribution is -2.15. The van der Waals surface area contributed by atoms with Gasteiger partial charge in [0.25, 0.3) is 0 Å². The van der Waals surface area contributed by atoms with Crippen molar-refractivity contribution in [2.45, 2.75) is 96.8 Å². The van der Waals surface area contributed by atoms with E-state index in [4.69, 9.17) is 52.5 Å². The van der Waals surface area contributed by atoms with Crippen molar-refractivity contribution < 1.29 is 52.5 Å². The molecule has 0 bridgehead atoms. The third kappa shape index (κ3) is 45.6. The van der Waals surface area contributed by atoms with E-state index in [0.717, 1.165) is 13.0 Å². The molecule has 0 atom stereocenters. The summed E-state index contributed by atoms with van der Waals surface area (Å²) in [4.78, 5) is 0. The molecule has 11 nitrogen and oxygen atoms in total. The van der Waals surface area contributed by atoms with Gasteiger partial charge in [0.2, 0.25) is 0 Å². The summed E-state index contributed by atoms with van der Waals surface area (Å²) in [5.41, 5.74) is 0. The highest BCUT2D eigenvalue weighted by molar-refractivity contribution is 4.49. The molecule has 0 radical (unpaired) electrons. The summed E-state index contributed by atoms with van der Waals surface area (Å²) in [5, 5.41) is 8.58. The van der Waals surface area contributed by atoms with E-state index < -0.39 is 0 Å². The normalized spacial score (nSPS) is 11.6. The van der Waals surface area contributed by atoms with E-state index in [9.17, 15) is 0 Å². The zero-order valence-electron chi connectivity index (χ0n) is 30.3. The van der Waals surface area contributed by atoms with Crippen LogP contribution in [0.2, 0.25) is 0 Å². The minimum Gasteiger partial charge on any atom is -0.394 e. The van der Waals surface area contributed by atoms with Gasteiger partial charge in [-0.3, -0.25) is 0 Å². The van der Waals surface area contributed by atoms with E-state index in [0.29, 0.717) is 126 Å². The second-order valence-corrected chi connectivity index (χ2v) is 11.4. The van der Waals surface area contributed by atoms with Gasteiger partial charge in [-0.25, -0.2) is 0 Å². The molecule has 0 amide bonds. The number of unbranched alkanes of at least 4 members (excludes halogenated alkanes) is 13. The van der Waals surface area contributed by atoms with Crippen molar-refractivity contribution in [1.82, 2.24) is 0 Å². The van der Waals surface area contributed by atoms with Crippen molar-refractivity contribution >= 4 is 0 Å². The van der Waals surface area contributed by atoms with Crippen LogP contribution in [0.4, 0.5) is 0 Å². The third-order valence-electron chi connectivity index (χ3n) is 7.23. The molecule has 0 aromatic heterocycles. The lowest BCUT2D eigenvalue weighted by atomic mass is 10.0. The van der Waals surface area contributed by atoms with E-state index in [1.165, 1.54) is 83.5 Å². The molecule has 0 fully saturated rings. The summed E-state index contributed by atoms with van der Waals surface area (Å²) in [6.07, 6.45) is 19.3. The van der Waals surface area contributed by atoms with Gasteiger partial charge in [-0.1, -0.05) is 90.4 Å². The number of aliphatic hydroxyl groups excluding tert-OH is 1. The van der Waals surface area contributed by atoms with E-state index in [1.54, 1.807) is 0 Å². The Morgan fingerprint density at radius 1 is 0.234 bits per heavy atom. The molecular formula is C36H74O11. The van der Waals surface area contributed by atoms with Crippen LogP contribution in [0.3, 0.4) is 0 Å². The van der Waals surface area contributed by atoms with Gasteiger partial charge in [0.15, 0.2) is 0 Å². The number of rotatable bonds is 44. The Hall–Kier alpha value is -0.440. The van der Waals surface area contributed by atoms with E-state index in [1.807, 2.05) is 0 Å². The average Bonchev–Trinajstić information content (AvgIpc) is 3.08. The van der Waals surface area contributed by atoms with Crippen LogP contribution >= 0.6 is 0 Å². The van der Waals surface area contributed by atoms with Crippen molar-refractivity contribution in [2.24, 2.45) is 0 Å². The Kier molecular flexibility index (Phi) is 45.1. The van der Waals surface area contributed by atoms with Gasteiger partial charge in [0, 0.05) is 6.61 Å². The van der Waals surface area contributed by atoms with Crippen molar-refractivity contribution in [1.29, 1.82) is 0 Å². The molecule has 0 unspecified atom stereocenters. The van der Waals surface area contributed by atoms with E-state index in [2.05, 4.69) is 6.92 Å². The molecular weight excluding hydrogens is 608 g/mol. The topological polar surface area (TPSA) is 113 Å². The standard InChI is InChI=1S/C36H74O11/c1-2-3-4-5-6-7-8-9-10-11-12-13-14-15-17-38-19-21-40-23-25-42-27-29-44-31-33-46-35-36-47-34-32-45-30-28-43-26-24-41-22-20-39-18-16-37/h37H,2-36H2,1H3. The van der Waals surface area contributed by atoms with Crippen LogP contribution in [-0.2, 0) is 47.4 Å². The SMILES string of the molecule is CCCCCCCCCCCCCCCCOCCOCCOCCOCCOCCOCCOCCOCCOCCOCCO. The largest absolute Gasteiger partial charge is 0.394 e.